The van der Waals surface area contributed by atoms with Crippen molar-refractivity contribution in [3.8, 4) is 17.2 Å². The minimum atomic E-state index is -0.183. The van der Waals surface area contributed by atoms with Crippen molar-refractivity contribution in [1.82, 2.24) is 0 Å². The normalized spacial score (nSPS) is 10.2. The van der Waals surface area contributed by atoms with Crippen molar-refractivity contribution in [2.45, 2.75) is 13.5 Å². The zero-order valence-electron chi connectivity index (χ0n) is 16.2. The Morgan fingerprint density at radius 2 is 1.54 bits per heavy atom. The Morgan fingerprint density at radius 1 is 0.857 bits per heavy atom. The van der Waals surface area contributed by atoms with Gasteiger partial charge < -0.3 is 19.5 Å². The van der Waals surface area contributed by atoms with Crippen LogP contribution in [0.1, 0.15) is 21.5 Å². The fraction of sp³-hybridized carbons (Fsp3) is 0.174. The molecule has 28 heavy (non-hydrogen) atoms. The van der Waals surface area contributed by atoms with Gasteiger partial charge in [-0.3, -0.25) is 4.79 Å². The molecule has 0 radical (unpaired) electrons. The van der Waals surface area contributed by atoms with Gasteiger partial charge >= 0.3 is 0 Å². The van der Waals surface area contributed by atoms with Crippen LogP contribution in [0, 0.1) is 6.92 Å². The highest BCUT2D eigenvalue weighted by Crippen LogP contribution is 2.24. The largest absolute Gasteiger partial charge is 0.497 e. The van der Waals surface area contributed by atoms with Crippen LogP contribution >= 0.6 is 0 Å². The first-order valence-corrected chi connectivity index (χ1v) is 8.91. The summed E-state index contributed by atoms with van der Waals surface area (Å²) in [6.45, 7) is 2.28. The number of anilines is 1. The average Bonchev–Trinajstić information content (AvgIpc) is 2.74. The highest BCUT2D eigenvalue weighted by atomic mass is 16.5. The number of methoxy groups -OCH3 is 2. The van der Waals surface area contributed by atoms with E-state index in [1.165, 1.54) is 0 Å². The fourth-order valence-electron chi connectivity index (χ4n) is 2.71. The van der Waals surface area contributed by atoms with Gasteiger partial charge in [0.2, 0.25) is 0 Å². The van der Waals surface area contributed by atoms with Crippen molar-refractivity contribution in [3.05, 3.63) is 83.4 Å². The minimum absolute atomic E-state index is 0.183. The van der Waals surface area contributed by atoms with Gasteiger partial charge in [0.1, 0.15) is 23.9 Å². The summed E-state index contributed by atoms with van der Waals surface area (Å²) in [5.74, 6) is 1.95. The molecule has 5 nitrogen and oxygen atoms in total. The molecule has 0 aliphatic carbocycles. The van der Waals surface area contributed by atoms with Crippen molar-refractivity contribution in [3.63, 3.8) is 0 Å². The molecule has 3 rings (SSSR count). The lowest BCUT2D eigenvalue weighted by molar-refractivity contribution is 0.102. The molecule has 0 aliphatic rings. The van der Waals surface area contributed by atoms with E-state index in [1.807, 2.05) is 55.5 Å². The summed E-state index contributed by atoms with van der Waals surface area (Å²) in [6, 6.07) is 20.3. The summed E-state index contributed by atoms with van der Waals surface area (Å²) in [5.41, 5.74) is 3.22. The molecule has 0 saturated carbocycles. The molecule has 0 atom stereocenters. The molecule has 5 heteroatoms. The number of ether oxygens (including phenoxy) is 3. The fourth-order valence-corrected chi connectivity index (χ4v) is 2.71. The van der Waals surface area contributed by atoms with Gasteiger partial charge in [-0.05, 0) is 61.5 Å². The van der Waals surface area contributed by atoms with Crippen LogP contribution in [0.3, 0.4) is 0 Å². The van der Waals surface area contributed by atoms with E-state index in [9.17, 15) is 4.79 Å². The average molecular weight is 377 g/mol. The lowest BCUT2D eigenvalue weighted by Crippen LogP contribution is -2.12. The molecule has 1 N–H and O–H groups in total. The first-order valence-electron chi connectivity index (χ1n) is 8.91. The van der Waals surface area contributed by atoms with Gasteiger partial charge in [-0.1, -0.05) is 17.7 Å². The van der Waals surface area contributed by atoms with E-state index in [2.05, 4.69) is 5.32 Å². The van der Waals surface area contributed by atoms with Crippen LogP contribution in [0.5, 0.6) is 17.2 Å². The number of hydrogen-bond donors (Lipinski definition) is 1. The van der Waals surface area contributed by atoms with Crippen LogP contribution in [-0.4, -0.2) is 20.1 Å². The topological polar surface area (TPSA) is 56.8 Å². The highest BCUT2D eigenvalue weighted by molar-refractivity contribution is 6.04. The zero-order chi connectivity index (χ0) is 19.9. The van der Waals surface area contributed by atoms with Crippen LogP contribution in [0.15, 0.2) is 66.7 Å². The third-order valence-corrected chi connectivity index (χ3v) is 4.31. The van der Waals surface area contributed by atoms with Crippen molar-refractivity contribution in [1.29, 1.82) is 0 Å². The van der Waals surface area contributed by atoms with E-state index >= 15 is 0 Å². The van der Waals surface area contributed by atoms with E-state index in [1.54, 1.807) is 32.4 Å². The molecule has 0 spiro atoms. The summed E-state index contributed by atoms with van der Waals surface area (Å²) in [7, 11) is 3.21. The Morgan fingerprint density at radius 3 is 2.18 bits per heavy atom. The molecular formula is C23H23NO4. The van der Waals surface area contributed by atoms with Crippen molar-refractivity contribution < 1.29 is 19.0 Å². The monoisotopic (exact) mass is 377 g/mol. The van der Waals surface area contributed by atoms with Crippen molar-refractivity contribution in [2.75, 3.05) is 19.5 Å². The molecule has 0 aliphatic heterocycles. The van der Waals surface area contributed by atoms with Gasteiger partial charge in [0.05, 0.1) is 14.2 Å². The number of aryl methyl sites for hydroxylation is 1. The third-order valence-electron chi connectivity index (χ3n) is 4.31. The number of rotatable bonds is 7. The molecule has 0 unspecified atom stereocenters. The van der Waals surface area contributed by atoms with Gasteiger partial charge in [0.25, 0.3) is 5.91 Å². The van der Waals surface area contributed by atoms with E-state index in [4.69, 9.17) is 14.2 Å². The third kappa shape index (κ3) is 4.82. The number of benzene rings is 3. The maximum Gasteiger partial charge on any atom is 0.255 e. The van der Waals surface area contributed by atoms with Gasteiger partial charge in [0.15, 0.2) is 0 Å². The van der Waals surface area contributed by atoms with E-state index in [0.717, 1.165) is 22.6 Å². The predicted molar refractivity (Wildman–Crippen MR) is 109 cm³/mol. The molecule has 0 saturated heterocycles. The second-order valence-corrected chi connectivity index (χ2v) is 6.31. The van der Waals surface area contributed by atoms with Crippen molar-refractivity contribution in [2.24, 2.45) is 0 Å². The summed E-state index contributed by atoms with van der Waals surface area (Å²) in [5, 5.41) is 2.90. The number of carbonyl (C=O) groups excluding carboxylic acids is 1. The lowest BCUT2D eigenvalue weighted by atomic mass is 10.1. The summed E-state index contributed by atoms with van der Waals surface area (Å²) < 4.78 is 16.4. The van der Waals surface area contributed by atoms with Crippen LogP contribution in [0.2, 0.25) is 0 Å². The van der Waals surface area contributed by atoms with Crippen LogP contribution in [0.4, 0.5) is 5.69 Å². The van der Waals surface area contributed by atoms with Crippen LogP contribution in [0.25, 0.3) is 0 Å². The molecule has 0 heterocycles. The Kier molecular flexibility index (Phi) is 6.17. The second kappa shape index (κ2) is 8.95. The molecule has 0 aromatic heterocycles. The highest BCUT2D eigenvalue weighted by Gasteiger charge is 2.11. The molecule has 1 amide bonds. The van der Waals surface area contributed by atoms with Crippen LogP contribution < -0.4 is 19.5 Å². The maximum absolute atomic E-state index is 12.6. The van der Waals surface area contributed by atoms with Gasteiger partial charge in [-0.2, -0.15) is 0 Å². The number of carbonyl (C=O) groups is 1. The Balaban J connectivity index is 1.73. The summed E-state index contributed by atoms with van der Waals surface area (Å²) in [4.78, 5) is 12.6. The Labute approximate surface area is 164 Å². The van der Waals surface area contributed by atoms with Crippen LogP contribution in [-0.2, 0) is 6.61 Å². The minimum Gasteiger partial charge on any atom is -0.497 e. The molecule has 3 aromatic rings. The molecule has 3 aromatic carbocycles. The van der Waals surface area contributed by atoms with E-state index in [-0.39, 0.29) is 12.5 Å². The lowest BCUT2D eigenvalue weighted by Gasteiger charge is -2.13. The summed E-state index contributed by atoms with van der Waals surface area (Å²) >= 11 is 0. The second-order valence-electron chi connectivity index (χ2n) is 6.31. The van der Waals surface area contributed by atoms with E-state index in [0.29, 0.717) is 17.1 Å². The standard InChI is InChI=1S/C23H23NO4/c1-16-4-7-19(8-5-16)24-23(25)17-6-13-22(27-3)18(14-17)15-28-21-11-9-20(26-2)10-12-21/h4-14H,15H2,1-3H3,(H,24,25). The molecular weight excluding hydrogens is 354 g/mol. The first kappa shape index (κ1) is 19.3. The smallest absolute Gasteiger partial charge is 0.255 e. The molecule has 144 valence electrons. The molecule has 0 fully saturated rings. The number of amides is 1. The van der Waals surface area contributed by atoms with Gasteiger partial charge in [-0.25, -0.2) is 0 Å². The zero-order valence-corrected chi connectivity index (χ0v) is 16.2. The SMILES string of the molecule is COc1ccc(OCc2cc(C(=O)Nc3ccc(C)cc3)ccc2OC)cc1. The number of hydrogen-bond acceptors (Lipinski definition) is 4. The van der Waals surface area contributed by atoms with Gasteiger partial charge in [0, 0.05) is 16.8 Å². The molecule has 0 bridgehead atoms. The van der Waals surface area contributed by atoms with Crippen molar-refractivity contribution >= 4 is 11.6 Å². The Bertz CT molecular complexity index is 934. The Hall–Kier alpha value is -3.47. The maximum atomic E-state index is 12.6. The predicted octanol–water partition coefficient (Wildman–Crippen LogP) is 4.84. The summed E-state index contributed by atoms with van der Waals surface area (Å²) in [6.07, 6.45) is 0. The first-order chi connectivity index (χ1) is 13.6. The van der Waals surface area contributed by atoms with E-state index < -0.39 is 0 Å². The quantitative estimate of drug-likeness (QED) is 0.640. The number of nitrogens with one attached hydrogen (secondary N) is 1. The van der Waals surface area contributed by atoms with Gasteiger partial charge in [-0.15, -0.1) is 0 Å².